The predicted molar refractivity (Wildman–Crippen MR) is 69.5 cm³/mol. The molecule has 1 saturated carbocycles. The van der Waals surface area contributed by atoms with Gasteiger partial charge in [-0.3, -0.25) is 4.79 Å². The van der Waals surface area contributed by atoms with Crippen molar-refractivity contribution in [1.29, 1.82) is 0 Å². The largest absolute Gasteiger partial charge is 0.299 e. The predicted octanol–water partition coefficient (Wildman–Crippen LogP) is 4.74. The molecule has 0 amide bonds. The topological polar surface area (TPSA) is 17.1 Å². The van der Waals surface area contributed by atoms with Gasteiger partial charge in [-0.25, -0.2) is 0 Å². The van der Waals surface area contributed by atoms with Crippen molar-refractivity contribution in [3.8, 4) is 0 Å². The number of ketones is 1. The molecule has 1 heteroatoms. The van der Waals surface area contributed by atoms with E-state index in [1.165, 1.54) is 57.8 Å². The SMILES string of the molecule is CCCCC(CC)CC(=O)C1CCCCC1. The van der Waals surface area contributed by atoms with E-state index in [1.807, 2.05) is 0 Å². The van der Waals surface area contributed by atoms with Crippen molar-refractivity contribution >= 4 is 5.78 Å². The third-order valence-electron chi connectivity index (χ3n) is 4.09. The van der Waals surface area contributed by atoms with E-state index in [9.17, 15) is 4.79 Å². The van der Waals surface area contributed by atoms with E-state index in [2.05, 4.69) is 13.8 Å². The molecule has 0 aliphatic heterocycles. The fraction of sp³-hybridized carbons (Fsp3) is 0.933. The van der Waals surface area contributed by atoms with Crippen molar-refractivity contribution in [2.24, 2.45) is 11.8 Å². The van der Waals surface area contributed by atoms with Gasteiger partial charge in [-0.1, -0.05) is 58.8 Å². The van der Waals surface area contributed by atoms with Gasteiger partial charge in [0.05, 0.1) is 0 Å². The molecule has 0 radical (unpaired) electrons. The Hall–Kier alpha value is -0.330. The number of Topliss-reactive ketones (excluding diaryl/α,β-unsaturated/α-hetero) is 1. The summed E-state index contributed by atoms with van der Waals surface area (Å²) in [6.07, 6.45) is 12.1. The summed E-state index contributed by atoms with van der Waals surface area (Å²) in [5.41, 5.74) is 0. The highest BCUT2D eigenvalue weighted by Gasteiger charge is 2.22. The van der Waals surface area contributed by atoms with Crippen LogP contribution >= 0.6 is 0 Å². The Bertz CT molecular complexity index is 192. The molecule has 16 heavy (non-hydrogen) atoms. The minimum Gasteiger partial charge on any atom is -0.299 e. The standard InChI is InChI=1S/C15H28O/c1-3-5-9-13(4-2)12-15(16)14-10-7-6-8-11-14/h13-14H,3-12H2,1-2H3. The van der Waals surface area contributed by atoms with E-state index >= 15 is 0 Å². The van der Waals surface area contributed by atoms with E-state index in [1.54, 1.807) is 0 Å². The minimum absolute atomic E-state index is 0.421. The zero-order valence-electron chi connectivity index (χ0n) is 11.1. The van der Waals surface area contributed by atoms with Crippen LogP contribution in [0, 0.1) is 11.8 Å². The highest BCUT2D eigenvalue weighted by atomic mass is 16.1. The first-order chi connectivity index (χ1) is 7.77. The molecule has 0 aromatic carbocycles. The number of hydrogen-bond donors (Lipinski definition) is 0. The molecule has 0 aromatic heterocycles. The molecule has 1 rings (SSSR count). The second kappa shape index (κ2) is 7.86. The van der Waals surface area contributed by atoms with E-state index in [-0.39, 0.29) is 0 Å². The van der Waals surface area contributed by atoms with Gasteiger partial charge in [0.2, 0.25) is 0 Å². The lowest BCUT2D eigenvalue weighted by atomic mass is 9.82. The molecule has 0 heterocycles. The van der Waals surface area contributed by atoms with Gasteiger partial charge < -0.3 is 0 Å². The lowest BCUT2D eigenvalue weighted by Crippen LogP contribution is -2.20. The van der Waals surface area contributed by atoms with Gasteiger partial charge in [0.15, 0.2) is 0 Å². The molecule has 0 N–H and O–H groups in total. The van der Waals surface area contributed by atoms with Crippen LogP contribution in [0.2, 0.25) is 0 Å². The molecule has 1 aliphatic carbocycles. The normalized spacial score (nSPS) is 19.6. The van der Waals surface area contributed by atoms with Crippen LogP contribution in [0.4, 0.5) is 0 Å². The summed E-state index contributed by atoms with van der Waals surface area (Å²) >= 11 is 0. The smallest absolute Gasteiger partial charge is 0.136 e. The third-order valence-corrected chi connectivity index (χ3v) is 4.09. The monoisotopic (exact) mass is 224 g/mol. The van der Waals surface area contributed by atoms with E-state index in [0.29, 0.717) is 17.6 Å². The maximum absolute atomic E-state index is 12.1. The van der Waals surface area contributed by atoms with Gasteiger partial charge in [-0.2, -0.15) is 0 Å². The lowest BCUT2D eigenvalue weighted by Gasteiger charge is -2.22. The zero-order chi connectivity index (χ0) is 11.8. The van der Waals surface area contributed by atoms with Crippen LogP contribution in [0.15, 0.2) is 0 Å². The molecule has 1 unspecified atom stereocenters. The van der Waals surface area contributed by atoms with Gasteiger partial charge in [0, 0.05) is 12.3 Å². The van der Waals surface area contributed by atoms with Crippen LogP contribution < -0.4 is 0 Å². The van der Waals surface area contributed by atoms with Gasteiger partial charge in [0.1, 0.15) is 5.78 Å². The lowest BCUT2D eigenvalue weighted by molar-refractivity contribution is -0.124. The number of hydrogen-bond acceptors (Lipinski definition) is 1. The number of carbonyl (C=O) groups is 1. The molecule has 0 aromatic rings. The van der Waals surface area contributed by atoms with Crippen molar-refractivity contribution < 1.29 is 4.79 Å². The summed E-state index contributed by atoms with van der Waals surface area (Å²) < 4.78 is 0. The summed E-state index contributed by atoms with van der Waals surface area (Å²) in [6.45, 7) is 4.46. The Balaban J connectivity index is 2.29. The van der Waals surface area contributed by atoms with Gasteiger partial charge in [0.25, 0.3) is 0 Å². The van der Waals surface area contributed by atoms with Gasteiger partial charge >= 0.3 is 0 Å². The Labute approximate surface area is 101 Å². The number of rotatable bonds is 7. The molecule has 0 spiro atoms. The Morgan fingerprint density at radius 1 is 1.19 bits per heavy atom. The summed E-state index contributed by atoms with van der Waals surface area (Å²) in [5, 5.41) is 0. The average Bonchev–Trinajstić information content (AvgIpc) is 2.35. The second-order valence-electron chi connectivity index (χ2n) is 5.42. The third kappa shape index (κ3) is 4.67. The van der Waals surface area contributed by atoms with E-state index < -0.39 is 0 Å². The summed E-state index contributed by atoms with van der Waals surface area (Å²) in [5.74, 6) is 1.65. The van der Waals surface area contributed by atoms with Crippen LogP contribution in [0.5, 0.6) is 0 Å². The fourth-order valence-electron chi connectivity index (χ4n) is 2.82. The summed E-state index contributed by atoms with van der Waals surface area (Å²) in [6, 6.07) is 0. The second-order valence-corrected chi connectivity index (χ2v) is 5.42. The van der Waals surface area contributed by atoms with E-state index in [4.69, 9.17) is 0 Å². The molecule has 94 valence electrons. The molecule has 0 saturated heterocycles. The van der Waals surface area contributed by atoms with Crippen molar-refractivity contribution in [2.75, 3.05) is 0 Å². The first-order valence-corrected chi connectivity index (χ1v) is 7.30. The molecule has 1 atom stereocenters. The molecule has 0 bridgehead atoms. The molecular weight excluding hydrogens is 196 g/mol. The van der Waals surface area contributed by atoms with Crippen LogP contribution in [0.25, 0.3) is 0 Å². The first-order valence-electron chi connectivity index (χ1n) is 7.30. The zero-order valence-corrected chi connectivity index (χ0v) is 11.1. The molecule has 1 aliphatic rings. The van der Waals surface area contributed by atoms with Gasteiger partial charge in [-0.15, -0.1) is 0 Å². The quantitative estimate of drug-likeness (QED) is 0.610. The van der Waals surface area contributed by atoms with Crippen LogP contribution in [-0.4, -0.2) is 5.78 Å². The van der Waals surface area contributed by atoms with Crippen molar-refractivity contribution in [3.63, 3.8) is 0 Å². The Morgan fingerprint density at radius 2 is 1.88 bits per heavy atom. The Morgan fingerprint density at radius 3 is 2.44 bits per heavy atom. The van der Waals surface area contributed by atoms with Crippen LogP contribution in [0.1, 0.15) is 78.1 Å². The average molecular weight is 224 g/mol. The van der Waals surface area contributed by atoms with Crippen LogP contribution in [-0.2, 0) is 4.79 Å². The number of carbonyl (C=O) groups excluding carboxylic acids is 1. The van der Waals surface area contributed by atoms with Crippen LogP contribution in [0.3, 0.4) is 0 Å². The maximum Gasteiger partial charge on any atom is 0.136 e. The highest BCUT2D eigenvalue weighted by molar-refractivity contribution is 5.81. The fourth-order valence-corrected chi connectivity index (χ4v) is 2.82. The van der Waals surface area contributed by atoms with Crippen molar-refractivity contribution in [3.05, 3.63) is 0 Å². The Kier molecular flexibility index (Phi) is 6.75. The van der Waals surface area contributed by atoms with Gasteiger partial charge in [-0.05, 0) is 18.8 Å². The number of unbranched alkanes of at least 4 members (excludes halogenated alkanes) is 1. The molecule has 1 fully saturated rings. The summed E-state index contributed by atoms with van der Waals surface area (Å²) in [4.78, 5) is 12.1. The molecular formula is C15H28O. The van der Waals surface area contributed by atoms with Crippen molar-refractivity contribution in [2.45, 2.75) is 78.1 Å². The maximum atomic E-state index is 12.1. The van der Waals surface area contributed by atoms with Crippen molar-refractivity contribution in [1.82, 2.24) is 0 Å². The summed E-state index contributed by atoms with van der Waals surface area (Å²) in [7, 11) is 0. The highest BCUT2D eigenvalue weighted by Crippen LogP contribution is 2.28. The van der Waals surface area contributed by atoms with E-state index in [0.717, 1.165) is 6.42 Å². The minimum atomic E-state index is 0.421. The first kappa shape index (κ1) is 13.7. The molecule has 1 nitrogen and oxygen atoms in total.